The lowest BCUT2D eigenvalue weighted by Gasteiger charge is -2.37. The van der Waals surface area contributed by atoms with E-state index in [-0.39, 0.29) is 47.7 Å². The van der Waals surface area contributed by atoms with Crippen molar-refractivity contribution in [3.8, 4) is 0 Å². The van der Waals surface area contributed by atoms with Crippen LogP contribution in [0.4, 0.5) is 0 Å². The number of halogens is 1. The number of amides is 3. The van der Waals surface area contributed by atoms with Crippen LogP contribution in [0.2, 0.25) is 5.02 Å². The zero-order valence-corrected chi connectivity index (χ0v) is 16.4. The maximum atomic E-state index is 13.1. The Hall–Kier alpha value is -2.42. The van der Waals surface area contributed by atoms with Gasteiger partial charge in [0.05, 0.1) is 35.3 Å². The third-order valence-corrected chi connectivity index (χ3v) is 6.43. The molecule has 1 saturated carbocycles. The van der Waals surface area contributed by atoms with Gasteiger partial charge < -0.3 is 10.2 Å². The summed E-state index contributed by atoms with van der Waals surface area (Å²) in [4.78, 5) is 38.3. The lowest BCUT2D eigenvalue weighted by Crippen LogP contribution is -2.44. The fourth-order valence-corrected chi connectivity index (χ4v) is 4.47. The van der Waals surface area contributed by atoms with Gasteiger partial charge in [0.25, 0.3) is 5.91 Å². The second-order valence-electron chi connectivity index (χ2n) is 8.03. The molecule has 1 atom stereocenters. The van der Waals surface area contributed by atoms with E-state index in [0.717, 1.165) is 19.3 Å². The zero-order valence-electron chi connectivity index (χ0n) is 15.7. The molecule has 9 nitrogen and oxygen atoms in total. The Labute approximate surface area is 167 Å². The number of aromatic amines is 1. The van der Waals surface area contributed by atoms with E-state index in [9.17, 15) is 14.4 Å². The topological polar surface area (TPSA) is 120 Å². The van der Waals surface area contributed by atoms with E-state index in [0.29, 0.717) is 29.5 Å². The molecule has 0 bridgehead atoms. The summed E-state index contributed by atoms with van der Waals surface area (Å²) in [7, 11) is 0. The summed E-state index contributed by atoms with van der Waals surface area (Å²) in [6, 6.07) is -0.102. The van der Waals surface area contributed by atoms with Crippen molar-refractivity contribution in [2.45, 2.75) is 51.5 Å². The molecule has 0 radical (unpaired) electrons. The molecule has 150 valence electrons. The first-order valence-electron chi connectivity index (χ1n) is 9.49. The quantitative estimate of drug-likeness (QED) is 0.679. The van der Waals surface area contributed by atoms with Crippen molar-refractivity contribution in [1.82, 2.24) is 25.8 Å². The number of aryl methyl sites for hydroxylation is 1. The van der Waals surface area contributed by atoms with Crippen molar-refractivity contribution in [3.63, 3.8) is 0 Å². The van der Waals surface area contributed by atoms with Gasteiger partial charge in [-0.3, -0.25) is 19.5 Å². The van der Waals surface area contributed by atoms with Crippen LogP contribution in [-0.2, 0) is 9.59 Å². The van der Waals surface area contributed by atoms with Crippen molar-refractivity contribution in [1.29, 1.82) is 0 Å². The van der Waals surface area contributed by atoms with Crippen LogP contribution in [0.15, 0.2) is 5.10 Å². The van der Waals surface area contributed by atoms with Gasteiger partial charge in [-0.1, -0.05) is 18.0 Å². The molecule has 10 heteroatoms. The highest BCUT2D eigenvalue weighted by atomic mass is 35.5. The number of aromatic nitrogens is 2. The zero-order chi connectivity index (χ0) is 19.9. The Morgan fingerprint density at radius 3 is 2.75 bits per heavy atom. The number of carbonyl (C=O) groups excluding carboxylic acids is 3. The first-order valence-corrected chi connectivity index (χ1v) is 9.87. The van der Waals surface area contributed by atoms with Gasteiger partial charge in [-0.05, 0) is 31.6 Å². The maximum Gasteiger partial charge on any atom is 0.276 e. The van der Waals surface area contributed by atoms with Crippen LogP contribution in [0.5, 0.6) is 0 Å². The third kappa shape index (κ3) is 3.50. The fourth-order valence-electron chi connectivity index (χ4n) is 4.30. The van der Waals surface area contributed by atoms with Crippen molar-refractivity contribution in [3.05, 3.63) is 16.4 Å². The molecule has 4 rings (SSSR count). The molecule has 1 aliphatic carbocycles. The number of hydrazone groups is 1. The van der Waals surface area contributed by atoms with Crippen LogP contribution in [-0.4, -0.2) is 57.7 Å². The number of hydrogen-bond acceptors (Lipinski definition) is 5. The van der Waals surface area contributed by atoms with E-state index in [1.165, 1.54) is 6.42 Å². The molecule has 1 spiro atoms. The number of likely N-dealkylation sites (tertiary alicyclic amines) is 1. The van der Waals surface area contributed by atoms with Crippen LogP contribution in [0.25, 0.3) is 0 Å². The molecule has 1 aromatic rings. The van der Waals surface area contributed by atoms with E-state index in [4.69, 9.17) is 11.6 Å². The first-order chi connectivity index (χ1) is 13.4. The molecule has 1 unspecified atom stereocenters. The van der Waals surface area contributed by atoms with E-state index < -0.39 is 0 Å². The highest BCUT2D eigenvalue weighted by Gasteiger charge is 2.49. The van der Waals surface area contributed by atoms with Gasteiger partial charge in [-0.25, -0.2) is 5.43 Å². The van der Waals surface area contributed by atoms with Gasteiger partial charge in [0.1, 0.15) is 0 Å². The van der Waals surface area contributed by atoms with Gasteiger partial charge in [-0.15, -0.1) is 0 Å². The standard InChI is InChI=1S/C18H23ClN6O3/c1-10-15(19)16(24-21-10)17(28)25-9-18(3-2-4-18)7-12(25)8-20-13(26)5-11-6-14(27)23-22-11/h12H,2-9H2,1H3,(H,20,26)(H,21,24)(H,23,27). The average molecular weight is 407 g/mol. The second-order valence-corrected chi connectivity index (χ2v) is 8.40. The van der Waals surface area contributed by atoms with Crippen molar-refractivity contribution >= 4 is 35.0 Å². The minimum absolute atomic E-state index is 0.0783. The smallest absolute Gasteiger partial charge is 0.276 e. The highest BCUT2D eigenvalue weighted by Crippen LogP contribution is 2.50. The van der Waals surface area contributed by atoms with Gasteiger partial charge in [0.15, 0.2) is 5.69 Å². The lowest BCUT2D eigenvalue weighted by molar-refractivity contribution is -0.120. The Balaban J connectivity index is 1.41. The fraction of sp³-hybridized carbons (Fsp3) is 0.611. The summed E-state index contributed by atoms with van der Waals surface area (Å²) in [5.74, 6) is -0.605. The molecule has 2 aliphatic heterocycles. The summed E-state index contributed by atoms with van der Waals surface area (Å²) >= 11 is 6.23. The van der Waals surface area contributed by atoms with E-state index >= 15 is 0 Å². The Morgan fingerprint density at radius 2 is 2.18 bits per heavy atom. The summed E-state index contributed by atoms with van der Waals surface area (Å²) in [6.45, 7) is 2.80. The van der Waals surface area contributed by atoms with Crippen molar-refractivity contribution in [2.75, 3.05) is 13.1 Å². The molecule has 3 heterocycles. The summed E-state index contributed by atoms with van der Waals surface area (Å²) < 4.78 is 0. The van der Waals surface area contributed by atoms with Crippen LogP contribution in [0, 0.1) is 12.3 Å². The summed E-state index contributed by atoms with van der Waals surface area (Å²) in [5.41, 5.74) is 3.90. The van der Waals surface area contributed by atoms with Crippen LogP contribution in [0.1, 0.15) is 54.7 Å². The molecule has 3 aliphatic rings. The summed E-state index contributed by atoms with van der Waals surface area (Å²) in [5, 5.41) is 13.9. The Kier molecular flexibility index (Phi) is 4.86. The number of H-pyrrole nitrogens is 1. The largest absolute Gasteiger partial charge is 0.354 e. The predicted molar refractivity (Wildman–Crippen MR) is 102 cm³/mol. The van der Waals surface area contributed by atoms with Crippen molar-refractivity contribution in [2.24, 2.45) is 10.5 Å². The van der Waals surface area contributed by atoms with Crippen LogP contribution < -0.4 is 10.7 Å². The Bertz CT molecular complexity index is 860. The van der Waals surface area contributed by atoms with Crippen molar-refractivity contribution < 1.29 is 14.4 Å². The SMILES string of the molecule is Cc1[nH]nc(C(=O)N2CC3(CCC3)CC2CNC(=O)CC2=NNC(=O)C2)c1Cl. The average Bonchev–Trinajstić information content (AvgIpc) is 3.31. The number of nitrogens with zero attached hydrogens (tertiary/aromatic N) is 3. The molecule has 2 fully saturated rings. The Morgan fingerprint density at radius 1 is 1.39 bits per heavy atom. The third-order valence-electron chi connectivity index (χ3n) is 5.97. The maximum absolute atomic E-state index is 13.1. The molecule has 0 aromatic carbocycles. The first kappa shape index (κ1) is 18.9. The lowest BCUT2D eigenvalue weighted by atomic mass is 9.67. The van der Waals surface area contributed by atoms with Gasteiger partial charge in [-0.2, -0.15) is 10.2 Å². The number of carbonyl (C=O) groups is 3. The van der Waals surface area contributed by atoms with E-state index in [1.807, 2.05) is 0 Å². The number of nitrogens with one attached hydrogen (secondary N) is 3. The van der Waals surface area contributed by atoms with Crippen LogP contribution >= 0.6 is 11.6 Å². The number of hydrogen-bond donors (Lipinski definition) is 3. The molecule has 3 N–H and O–H groups in total. The molecule has 1 saturated heterocycles. The van der Waals surface area contributed by atoms with Gasteiger partial charge >= 0.3 is 0 Å². The molecular weight excluding hydrogens is 384 g/mol. The predicted octanol–water partition coefficient (Wildman–Crippen LogP) is 1.14. The van der Waals surface area contributed by atoms with E-state index in [2.05, 4.69) is 26.0 Å². The van der Waals surface area contributed by atoms with Gasteiger partial charge in [0, 0.05) is 13.1 Å². The number of rotatable bonds is 5. The molecule has 1 aromatic heterocycles. The highest BCUT2D eigenvalue weighted by molar-refractivity contribution is 6.34. The minimum atomic E-state index is -0.203. The summed E-state index contributed by atoms with van der Waals surface area (Å²) in [6.07, 6.45) is 4.46. The normalized spacial score (nSPS) is 22.8. The minimum Gasteiger partial charge on any atom is -0.354 e. The molecule has 28 heavy (non-hydrogen) atoms. The van der Waals surface area contributed by atoms with Crippen LogP contribution in [0.3, 0.4) is 0 Å². The second kappa shape index (κ2) is 7.20. The van der Waals surface area contributed by atoms with E-state index in [1.54, 1.807) is 11.8 Å². The monoisotopic (exact) mass is 406 g/mol. The van der Waals surface area contributed by atoms with Gasteiger partial charge in [0.2, 0.25) is 11.8 Å². The molecular formula is C18H23ClN6O3. The molecule has 3 amide bonds.